The molecule has 0 radical (unpaired) electrons. The van der Waals surface area contributed by atoms with Crippen LogP contribution < -0.4 is 5.32 Å². The molecular weight excluding hydrogens is 597 g/mol. The number of hydrogen-bond donors (Lipinski definition) is 1. The monoisotopic (exact) mass is 636 g/mol. The predicted molar refractivity (Wildman–Crippen MR) is 199 cm³/mol. The standard InChI is InChI=1S/C42H40N2O2S/c1-25-31(17-18-35-34-16-13-30(43-19-20-47-6)24-38(34)42(4,5)40(25)35)28-10-15-33-32-14-7-26(21-36(32)41(2,3)37(33)23-28)22-39(45)27-8-11-29(44-46)12-9-27/h7-18,21,23-24,43H,19-20,22H2,1-6H3. The molecule has 0 saturated carbocycles. The van der Waals surface area contributed by atoms with Crippen molar-refractivity contribution < 1.29 is 4.79 Å². The first-order valence-corrected chi connectivity index (χ1v) is 17.7. The molecule has 0 spiro atoms. The van der Waals surface area contributed by atoms with E-state index in [0.29, 0.717) is 17.7 Å². The van der Waals surface area contributed by atoms with Gasteiger partial charge in [0.05, 0.1) is 0 Å². The van der Waals surface area contributed by atoms with E-state index < -0.39 is 0 Å². The second kappa shape index (κ2) is 11.6. The molecule has 2 aliphatic carbocycles. The highest BCUT2D eigenvalue weighted by Crippen LogP contribution is 2.54. The van der Waals surface area contributed by atoms with E-state index in [-0.39, 0.29) is 16.6 Å². The number of benzene rings is 5. The Balaban J connectivity index is 1.20. The smallest absolute Gasteiger partial charge is 0.167 e. The fraction of sp³-hybridized carbons (Fsp3) is 0.262. The first-order valence-electron chi connectivity index (χ1n) is 16.3. The molecule has 0 saturated heterocycles. The summed E-state index contributed by atoms with van der Waals surface area (Å²) in [7, 11) is 0. The number of ketones is 1. The minimum atomic E-state index is -0.211. The van der Waals surface area contributed by atoms with Gasteiger partial charge in [0.1, 0.15) is 5.69 Å². The number of fused-ring (bicyclic) bond motifs is 6. The fourth-order valence-corrected chi connectivity index (χ4v) is 8.26. The molecule has 47 heavy (non-hydrogen) atoms. The van der Waals surface area contributed by atoms with Crippen molar-refractivity contribution in [2.24, 2.45) is 5.18 Å². The van der Waals surface area contributed by atoms with Crippen molar-refractivity contribution >= 4 is 28.9 Å². The average molecular weight is 637 g/mol. The molecule has 236 valence electrons. The molecule has 4 nitrogen and oxygen atoms in total. The van der Waals surface area contributed by atoms with Crippen LogP contribution >= 0.6 is 11.8 Å². The molecule has 5 aromatic rings. The molecule has 5 heteroatoms. The van der Waals surface area contributed by atoms with Crippen LogP contribution in [0.1, 0.15) is 71.4 Å². The molecule has 0 atom stereocenters. The van der Waals surface area contributed by atoms with Gasteiger partial charge in [-0.25, -0.2) is 0 Å². The molecule has 5 aromatic carbocycles. The third-order valence-corrected chi connectivity index (χ3v) is 11.0. The highest BCUT2D eigenvalue weighted by Gasteiger charge is 2.39. The summed E-state index contributed by atoms with van der Waals surface area (Å²) < 4.78 is 0. The maximum Gasteiger partial charge on any atom is 0.167 e. The zero-order chi connectivity index (χ0) is 33.1. The van der Waals surface area contributed by atoms with Crippen molar-refractivity contribution in [2.45, 2.75) is 51.9 Å². The van der Waals surface area contributed by atoms with Gasteiger partial charge in [-0.05, 0) is 128 Å². The molecule has 2 aliphatic rings. The summed E-state index contributed by atoms with van der Waals surface area (Å²) in [6, 6.07) is 31.4. The van der Waals surface area contributed by atoms with E-state index in [4.69, 9.17) is 0 Å². The minimum Gasteiger partial charge on any atom is -0.384 e. The van der Waals surface area contributed by atoms with Crippen LogP contribution in [-0.2, 0) is 17.3 Å². The summed E-state index contributed by atoms with van der Waals surface area (Å²) in [6.07, 6.45) is 2.45. The number of thioether (sulfide) groups is 1. The molecular formula is C42H40N2O2S. The second-order valence-corrected chi connectivity index (χ2v) is 15.0. The topological polar surface area (TPSA) is 58.5 Å². The molecule has 0 unspecified atom stereocenters. The number of Topliss-reactive ketones (excluding diaryl/α,β-unsaturated/α-hetero) is 1. The number of carbonyl (C=O) groups excluding carboxylic acids is 1. The zero-order valence-corrected chi connectivity index (χ0v) is 28.8. The van der Waals surface area contributed by atoms with Crippen LogP contribution in [0.2, 0.25) is 0 Å². The Morgan fingerprint density at radius 1 is 0.723 bits per heavy atom. The summed E-state index contributed by atoms with van der Waals surface area (Å²) in [5.41, 5.74) is 17.2. The number of rotatable bonds is 9. The van der Waals surface area contributed by atoms with Gasteiger partial charge in [-0.2, -0.15) is 11.8 Å². The van der Waals surface area contributed by atoms with Crippen LogP contribution in [0.15, 0.2) is 96.2 Å². The Bertz CT molecular complexity index is 2070. The van der Waals surface area contributed by atoms with Gasteiger partial charge in [0, 0.05) is 40.8 Å². The van der Waals surface area contributed by atoms with Gasteiger partial charge in [0.15, 0.2) is 5.78 Å². The van der Waals surface area contributed by atoms with Crippen molar-refractivity contribution in [2.75, 3.05) is 23.9 Å². The number of hydrogen-bond acceptors (Lipinski definition) is 5. The predicted octanol–water partition coefficient (Wildman–Crippen LogP) is 10.9. The molecule has 0 bridgehead atoms. The van der Waals surface area contributed by atoms with Crippen LogP contribution in [-0.4, -0.2) is 24.3 Å². The van der Waals surface area contributed by atoms with Crippen LogP contribution in [0.3, 0.4) is 0 Å². The molecule has 0 aliphatic heterocycles. The number of carbonyl (C=O) groups is 1. The summed E-state index contributed by atoms with van der Waals surface area (Å²) in [6.45, 7) is 12.6. The van der Waals surface area contributed by atoms with E-state index in [0.717, 1.165) is 17.9 Å². The summed E-state index contributed by atoms with van der Waals surface area (Å²) in [4.78, 5) is 23.9. The van der Waals surface area contributed by atoms with Gasteiger partial charge in [-0.15, -0.1) is 4.91 Å². The number of nitrogens with one attached hydrogen (secondary N) is 1. The van der Waals surface area contributed by atoms with Crippen LogP contribution in [0.4, 0.5) is 11.4 Å². The van der Waals surface area contributed by atoms with E-state index in [1.165, 1.54) is 66.9 Å². The zero-order valence-electron chi connectivity index (χ0n) is 28.0. The van der Waals surface area contributed by atoms with Gasteiger partial charge in [-0.3, -0.25) is 4.79 Å². The summed E-state index contributed by atoms with van der Waals surface area (Å²) in [5.74, 6) is 1.11. The van der Waals surface area contributed by atoms with Gasteiger partial charge >= 0.3 is 0 Å². The van der Waals surface area contributed by atoms with Gasteiger partial charge < -0.3 is 5.32 Å². The lowest BCUT2D eigenvalue weighted by molar-refractivity contribution is 0.0993. The second-order valence-electron chi connectivity index (χ2n) is 14.0. The Morgan fingerprint density at radius 3 is 2.06 bits per heavy atom. The SMILES string of the molecule is CSCCNc1ccc2c(c1)C(C)(C)c1c-2ccc(-c2ccc3c(c2)C(C)(C)c2cc(CC(=O)c4ccc(N=O)cc4)ccc2-3)c1C. The molecule has 0 heterocycles. The third kappa shape index (κ3) is 5.12. The van der Waals surface area contributed by atoms with E-state index in [1.807, 2.05) is 11.8 Å². The van der Waals surface area contributed by atoms with Crippen molar-refractivity contribution in [1.82, 2.24) is 0 Å². The van der Waals surface area contributed by atoms with Crippen LogP contribution in [0.25, 0.3) is 33.4 Å². The van der Waals surface area contributed by atoms with Gasteiger partial charge in [-0.1, -0.05) is 76.2 Å². The Kier molecular flexibility index (Phi) is 7.71. The molecule has 0 fully saturated rings. The van der Waals surface area contributed by atoms with E-state index >= 15 is 0 Å². The third-order valence-electron chi connectivity index (χ3n) is 10.4. The number of anilines is 1. The molecule has 0 amide bonds. The first kappa shape index (κ1) is 31.1. The van der Waals surface area contributed by atoms with E-state index in [2.05, 4.69) is 118 Å². The van der Waals surface area contributed by atoms with E-state index in [1.54, 1.807) is 24.3 Å². The normalized spacial score (nSPS) is 14.6. The lowest BCUT2D eigenvalue weighted by Gasteiger charge is -2.26. The average Bonchev–Trinajstić information content (AvgIpc) is 3.44. The van der Waals surface area contributed by atoms with Crippen molar-refractivity contribution in [3.63, 3.8) is 0 Å². The maximum atomic E-state index is 13.1. The lowest BCUT2D eigenvalue weighted by Crippen LogP contribution is -2.17. The van der Waals surface area contributed by atoms with Crippen molar-refractivity contribution in [3.8, 4) is 33.4 Å². The first-order chi connectivity index (χ1) is 22.5. The van der Waals surface area contributed by atoms with E-state index in [9.17, 15) is 9.70 Å². The maximum absolute atomic E-state index is 13.1. The molecule has 7 rings (SSSR count). The number of nitrogens with zero attached hydrogens (tertiary/aromatic N) is 1. The fourth-order valence-electron chi connectivity index (χ4n) is 7.95. The summed E-state index contributed by atoms with van der Waals surface area (Å²) in [5, 5.41) is 6.54. The Morgan fingerprint density at radius 2 is 1.34 bits per heavy atom. The number of nitroso groups, excluding NO2 is 1. The van der Waals surface area contributed by atoms with Gasteiger partial charge in [0.25, 0.3) is 0 Å². The summed E-state index contributed by atoms with van der Waals surface area (Å²) >= 11 is 1.86. The molecule has 0 aromatic heterocycles. The lowest BCUT2D eigenvalue weighted by atomic mass is 9.78. The van der Waals surface area contributed by atoms with Crippen molar-refractivity contribution in [1.29, 1.82) is 0 Å². The molecule has 1 N–H and O–H groups in total. The van der Waals surface area contributed by atoms with Gasteiger partial charge in [0.2, 0.25) is 0 Å². The largest absolute Gasteiger partial charge is 0.384 e. The Hall–Kier alpha value is -4.48. The van der Waals surface area contributed by atoms with Crippen LogP contribution in [0, 0.1) is 11.8 Å². The van der Waals surface area contributed by atoms with Crippen LogP contribution in [0.5, 0.6) is 0 Å². The Labute approximate surface area is 282 Å². The van der Waals surface area contributed by atoms with Crippen molar-refractivity contribution in [3.05, 3.63) is 135 Å². The highest BCUT2D eigenvalue weighted by molar-refractivity contribution is 7.98. The minimum absolute atomic E-state index is 0.0262. The quantitative estimate of drug-likeness (QED) is 0.0993. The highest BCUT2D eigenvalue weighted by atomic mass is 32.2.